The van der Waals surface area contributed by atoms with E-state index in [4.69, 9.17) is 23.2 Å². The quantitative estimate of drug-likeness (QED) is 0.274. The summed E-state index contributed by atoms with van der Waals surface area (Å²) >= 11 is 12.8. The molecule has 2 N–H and O–H groups in total. The van der Waals surface area contributed by atoms with Crippen molar-refractivity contribution in [3.63, 3.8) is 0 Å². The Hall–Kier alpha value is -1.60. The molecule has 1 heterocycles. The molecule has 3 rings (SSSR count). The van der Waals surface area contributed by atoms with Crippen LogP contribution in [0.25, 0.3) is 0 Å². The first-order valence-corrected chi connectivity index (χ1v) is 12.8. The van der Waals surface area contributed by atoms with E-state index in [2.05, 4.69) is 17.2 Å². The SMILES string of the molecule is C=CCNC(=O)C(=O)[C@H](CCC)NC(=O)[C@@H]1[C@@H]2[C@H](CN1C(=O)[C@@H](C)C1CCCCC1)C2(Cl)Cl. The molecule has 7 nitrogen and oxygen atoms in total. The van der Waals surface area contributed by atoms with Crippen LogP contribution in [-0.2, 0) is 19.2 Å². The highest BCUT2D eigenvalue weighted by atomic mass is 35.5. The van der Waals surface area contributed by atoms with Crippen molar-refractivity contribution < 1.29 is 19.2 Å². The minimum Gasteiger partial charge on any atom is -0.346 e. The van der Waals surface area contributed by atoms with Crippen LogP contribution in [0.5, 0.6) is 0 Å². The van der Waals surface area contributed by atoms with E-state index in [1.165, 1.54) is 12.5 Å². The van der Waals surface area contributed by atoms with Gasteiger partial charge in [0.15, 0.2) is 0 Å². The smallest absolute Gasteiger partial charge is 0.289 e. The Morgan fingerprint density at radius 2 is 1.85 bits per heavy atom. The lowest BCUT2D eigenvalue weighted by molar-refractivity contribution is -0.145. The number of piperidine rings is 1. The van der Waals surface area contributed by atoms with Gasteiger partial charge in [-0.15, -0.1) is 29.8 Å². The highest BCUT2D eigenvalue weighted by Gasteiger charge is 2.74. The number of nitrogens with zero attached hydrogens (tertiary/aromatic N) is 1. The third-order valence-electron chi connectivity index (χ3n) is 7.47. The van der Waals surface area contributed by atoms with Crippen LogP contribution in [0, 0.1) is 23.7 Å². The summed E-state index contributed by atoms with van der Waals surface area (Å²) in [5.74, 6) is -2.44. The Kier molecular flexibility index (Phi) is 8.49. The Morgan fingerprint density at radius 1 is 1.18 bits per heavy atom. The summed E-state index contributed by atoms with van der Waals surface area (Å²) < 4.78 is -1.06. The normalized spacial score (nSPS) is 27.8. The Labute approximate surface area is 206 Å². The van der Waals surface area contributed by atoms with Crippen LogP contribution in [0.1, 0.15) is 58.8 Å². The predicted octanol–water partition coefficient (Wildman–Crippen LogP) is 2.99. The van der Waals surface area contributed by atoms with E-state index in [0.717, 1.165) is 25.7 Å². The van der Waals surface area contributed by atoms with Crippen molar-refractivity contribution >= 4 is 46.7 Å². The zero-order valence-corrected chi connectivity index (χ0v) is 21.0. The maximum Gasteiger partial charge on any atom is 0.289 e. The molecule has 3 amide bonds. The summed E-state index contributed by atoms with van der Waals surface area (Å²) in [6.07, 6.45) is 7.87. The van der Waals surface area contributed by atoms with Gasteiger partial charge in [-0.25, -0.2) is 0 Å². The number of hydrogen-bond acceptors (Lipinski definition) is 4. The van der Waals surface area contributed by atoms with Gasteiger partial charge in [0.25, 0.3) is 5.91 Å². The molecule has 1 aliphatic heterocycles. The minimum atomic E-state index is -1.06. The van der Waals surface area contributed by atoms with E-state index in [1.54, 1.807) is 4.90 Å². The van der Waals surface area contributed by atoms with Gasteiger partial charge in [0.1, 0.15) is 10.4 Å². The highest BCUT2D eigenvalue weighted by molar-refractivity contribution is 6.51. The highest BCUT2D eigenvalue weighted by Crippen LogP contribution is 2.65. The van der Waals surface area contributed by atoms with Gasteiger partial charge in [0.05, 0.1) is 6.04 Å². The predicted molar refractivity (Wildman–Crippen MR) is 128 cm³/mol. The van der Waals surface area contributed by atoms with Crippen molar-refractivity contribution in [2.75, 3.05) is 13.1 Å². The number of nitrogens with one attached hydrogen (secondary N) is 2. The number of alkyl halides is 2. The molecule has 184 valence electrons. The molecular weight excluding hydrogens is 465 g/mol. The van der Waals surface area contributed by atoms with Crippen LogP contribution in [-0.4, -0.2) is 57.9 Å². The number of carbonyl (C=O) groups is 4. The number of fused-ring (bicyclic) bond motifs is 1. The van der Waals surface area contributed by atoms with Crippen molar-refractivity contribution in [1.82, 2.24) is 15.5 Å². The molecule has 0 unspecified atom stereocenters. The van der Waals surface area contributed by atoms with Gasteiger partial charge in [0, 0.05) is 30.8 Å². The first kappa shape index (κ1) is 26.0. The van der Waals surface area contributed by atoms with Gasteiger partial charge < -0.3 is 15.5 Å². The number of likely N-dealkylation sites (tertiary alicyclic amines) is 1. The average molecular weight is 500 g/mol. The van der Waals surface area contributed by atoms with Crippen molar-refractivity contribution in [2.45, 2.75) is 75.2 Å². The molecule has 9 heteroatoms. The second-order valence-corrected chi connectivity index (χ2v) is 11.1. The molecule has 0 aromatic carbocycles. The maximum atomic E-state index is 13.4. The lowest BCUT2D eigenvalue weighted by atomic mass is 9.80. The molecule has 0 aromatic heterocycles. The van der Waals surface area contributed by atoms with E-state index in [-0.39, 0.29) is 30.2 Å². The summed E-state index contributed by atoms with van der Waals surface area (Å²) in [5, 5.41) is 5.19. The number of carbonyl (C=O) groups excluding carboxylic acids is 4. The zero-order chi connectivity index (χ0) is 24.3. The van der Waals surface area contributed by atoms with Gasteiger partial charge in [-0.1, -0.05) is 45.6 Å². The molecule has 0 spiro atoms. The van der Waals surface area contributed by atoms with Crippen LogP contribution in [0.4, 0.5) is 0 Å². The lowest BCUT2D eigenvalue weighted by Gasteiger charge is -2.35. The molecule has 2 saturated carbocycles. The first-order chi connectivity index (χ1) is 15.6. The van der Waals surface area contributed by atoms with Gasteiger partial charge in [-0.05, 0) is 25.2 Å². The van der Waals surface area contributed by atoms with Crippen LogP contribution in [0.15, 0.2) is 12.7 Å². The van der Waals surface area contributed by atoms with Crippen LogP contribution in [0.3, 0.4) is 0 Å². The average Bonchev–Trinajstić information content (AvgIpc) is 3.14. The van der Waals surface area contributed by atoms with Crippen molar-refractivity contribution in [1.29, 1.82) is 0 Å². The summed E-state index contributed by atoms with van der Waals surface area (Å²) in [6.45, 7) is 7.81. The van der Waals surface area contributed by atoms with Gasteiger partial charge in [-0.2, -0.15) is 0 Å². The number of rotatable bonds is 10. The summed E-state index contributed by atoms with van der Waals surface area (Å²) in [6, 6.07) is -1.81. The number of ketones is 1. The zero-order valence-electron chi connectivity index (χ0n) is 19.4. The third-order valence-corrected chi connectivity index (χ3v) is 8.54. The Balaban J connectivity index is 1.74. The monoisotopic (exact) mass is 499 g/mol. The largest absolute Gasteiger partial charge is 0.346 e. The van der Waals surface area contributed by atoms with Gasteiger partial charge in [-0.3, -0.25) is 19.2 Å². The standard InChI is InChI=1S/C24H35Cl2N3O4/c1-4-9-17(20(30)22(32)27-12-5-2)28-21(31)19-18-16(24(18,25)26)13-29(19)23(33)14(3)15-10-7-6-8-11-15/h5,14-19H,2,4,6-13H2,1,3H3,(H,27,32)(H,28,31)/t14-,16-,17-,18-,19-/m0/s1. The van der Waals surface area contributed by atoms with E-state index in [9.17, 15) is 19.2 Å². The molecule has 1 saturated heterocycles. The van der Waals surface area contributed by atoms with Crippen molar-refractivity contribution in [3.05, 3.63) is 12.7 Å². The fourth-order valence-corrected chi connectivity index (χ4v) is 6.28. The van der Waals surface area contributed by atoms with E-state index < -0.39 is 34.0 Å². The van der Waals surface area contributed by atoms with Crippen LogP contribution < -0.4 is 10.6 Å². The summed E-state index contributed by atoms with van der Waals surface area (Å²) in [5.41, 5.74) is 0. The maximum absolute atomic E-state index is 13.4. The molecule has 0 bridgehead atoms. The second-order valence-electron chi connectivity index (χ2n) is 9.64. The molecular formula is C24H35Cl2N3O4. The van der Waals surface area contributed by atoms with Crippen molar-refractivity contribution in [2.24, 2.45) is 23.7 Å². The Bertz CT molecular complexity index is 797. The van der Waals surface area contributed by atoms with Gasteiger partial charge in [0.2, 0.25) is 17.6 Å². The molecule has 3 fully saturated rings. The van der Waals surface area contributed by atoms with E-state index >= 15 is 0 Å². The number of hydrogen-bond donors (Lipinski definition) is 2. The lowest BCUT2D eigenvalue weighted by Crippen LogP contribution is -2.56. The number of Topliss-reactive ketones (excluding diaryl/α,β-unsaturated/α-hetero) is 1. The Morgan fingerprint density at radius 3 is 2.45 bits per heavy atom. The number of amides is 3. The molecule has 2 aliphatic carbocycles. The van der Waals surface area contributed by atoms with Crippen LogP contribution in [0.2, 0.25) is 0 Å². The fraction of sp³-hybridized carbons (Fsp3) is 0.750. The minimum absolute atomic E-state index is 0.0551. The first-order valence-electron chi connectivity index (χ1n) is 12.1. The summed E-state index contributed by atoms with van der Waals surface area (Å²) in [4.78, 5) is 53.2. The summed E-state index contributed by atoms with van der Waals surface area (Å²) in [7, 11) is 0. The third kappa shape index (κ3) is 5.40. The van der Waals surface area contributed by atoms with Gasteiger partial charge >= 0.3 is 0 Å². The van der Waals surface area contributed by atoms with E-state index in [1.807, 2.05) is 13.8 Å². The van der Waals surface area contributed by atoms with Crippen LogP contribution >= 0.6 is 23.2 Å². The molecule has 0 radical (unpaired) electrons. The molecule has 5 atom stereocenters. The van der Waals surface area contributed by atoms with Crippen molar-refractivity contribution in [3.8, 4) is 0 Å². The molecule has 33 heavy (non-hydrogen) atoms. The topological polar surface area (TPSA) is 95.6 Å². The second kappa shape index (κ2) is 10.8. The molecule has 0 aromatic rings. The fourth-order valence-electron chi connectivity index (χ4n) is 5.46. The number of halogens is 2. The molecule has 3 aliphatic rings. The van der Waals surface area contributed by atoms with E-state index in [0.29, 0.717) is 25.3 Å².